The van der Waals surface area contributed by atoms with Crippen molar-refractivity contribution in [1.29, 1.82) is 0 Å². The van der Waals surface area contributed by atoms with E-state index < -0.39 is 10.0 Å². The zero-order chi connectivity index (χ0) is 22.0. The Morgan fingerprint density at radius 3 is 2.61 bits per heavy atom. The normalized spacial score (nSPS) is 16.6. The van der Waals surface area contributed by atoms with Gasteiger partial charge in [-0.15, -0.1) is 0 Å². The minimum Gasteiger partial charge on any atom is -0.337 e. The summed E-state index contributed by atoms with van der Waals surface area (Å²) >= 11 is 5.80. The molecule has 1 aliphatic heterocycles. The molecule has 0 saturated carbocycles. The van der Waals surface area contributed by atoms with Gasteiger partial charge in [0, 0.05) is 17.1 Å². The summed E-state index contributed by atoms with van der Waals surface area (Å²) in [6, 6.07) is 13.1. The van der Waals surface area contributed by atoms with Crippen molar-refractivity contribution in [1.82, 2.24) is 19.8 Å². The maximum absolute atomic E-state index is 12.8. The Morgan fingerprint density at radius 2 is 1.90 bits per heavy atom. The van der Waals surface area contributed by atoms with Gasteiger partial charge in [0.05, 0.1) is 11.4 Å². The van der Waals surface area contributed by atoms with Gasteiger partial charge in [-0.3, -0.25) is 4.79 Å². The molecular weight excluding hydrogens is 440 g/mol. The number of carbonyl (C=O) groups excluding carboxylic acids is 1. The van der Waals surface area contributed by atoms with Crippen LogP contribution in [0.2, 0.25) is 5.02 Å². The van der Waals surface area contributed by atoms with E-state index in [1.54, 1.807) is 4.90 Å². The number of nitrogens with one attached hydrogen (secondary N) is 1. The first-order valence-electron chi connectivity index (χ1n) is 9.79. The highest BCUT2D eigenvalue weighted by molar-refractivity contribution is 7.89. The molecule has 0 bridgehead atoms. The van der Waals surface area contributed by atoms with E-state index in [4.69, 9.17) is 16.1 Å². The van der Waals surface area contributed by atoms with Crippen molar-refractivity contribution in [2.75, 3.05) is 13.1 Å². The van der Waals surface area contributed by atoms with Crippen molar-refractivity contribution in [3.8, 4) is 11.4 Å². The smallest absolute Gasteiger partial charge is 0.249 e. The molecular formula is C21H21ClN4O4S. The molecule has 2 heterocycles. The fourth-order valence-electron chi connectivity index (χ4n) is 3.47. The predicted molar refractivity (Wildman–Crippen MR) is 115 cm³/mol. The third-order valence-electron chi connectivity index (χ3n) is 5.15. The molecule has 4 rings (SSSR count). The van der Waals surface area contributed by atoms with E-state index in [0.29, 0.717) is 29.7 Å². The van der Waals surface area contributed by atoms with E-state index in [2.05, 4.69) is 14.9 Å². The van der Waals surface area contributed by atoms with Crippen LogP contribution in [0, 0.1) is 6.92 Å². The summed E-state index contributed by atoms with van der Waals surface area (Å²) in [4.78, 5) is 18.9. The highest BCUT2D eigenvalue weighted by Gasteiger charge is 2.34. The number of halogens is 1. The second kappa shape index (κ2) is 8.78. The molecule has 0 spiro atoms. The van der Waals surface area contributed by atoms with E-state index in [1.165, 1.54) is 24.3 Å². The summed E-state index contributed by atoms with van der Waals surface area (Å²) < 4.78 is 32.6. The number of benzene rings is 2. The number of aromatic nitrogens is 2. The molecule has 1 aromatic heterocycles. The van der Waals surface area contributed by atoms with Crippen LogP contribution >= 0.6 is 11.6 Å². The zero-order valence-corrected chi connectivity index (χ0v) is 18.4. The second-order valence-electron chi connectivity index (χ2n) is 7.35. The van der Waals surface area contributed by atoms with Gasteiger partial charge in [0.1, 0.15) is 6.04 Å². The Kier molecular flexibility index (Phi) is 6.08. The van der Waals surface area contributed by atoms with Crippen LogP contribution < -0.4 is 4.72 Å². The number of likely N-dealkylation sites (tertiary alicyclic amines) is 1. The average Bonchev–Trinajstić information content (AvgIpc) is 3.42. The predicted octanol–water partition coefficient (Wildman–Crippen LogP) is 3.34. The van der Waals surface area contributed by atoms with Crippen molar-refractivity contribution >= 4 is 27.5 Å². The van der Waals surface area contributed by atoms with Gasteiger partial charge in [-0.25, -0.2) is 13.1 Å². The number of rotatable bonds is 6. The van der Waals surface area contributed by atoms with Crippen molar-refractivity contribution in [3.05, 3.63) is 65.0 Å². The van der Waals surface area contributed by atoms with E-state index in [-0.39, 0.29) is 23.4 Å². The first-order valence-corrected chi connectivity index (χ1v) is 11.6. The number of carbonyl (C=O) groups is 1. The van der Waals surface area contributed by atoms with Crippen molar-refractivity contribution in [2.24, 2.45) is 0 Å². The van der Waals surface area contributed by atoms with Crippen LogP contribution in [0.1, 0.15) is 30.3 Å². The topological polar surface area (TPSA) is 105 Å². The molecule has 3 aromatic rings. The molecule has 10 heteroatoms. The minimum absolute atomic E-state index is 0.0438. The molecule has 8 nitrogen and oxygen atoms in total. The van der Waals surface area contributed by atoms with Crippen LogP contribution in [0.5, 0.6) is 0 Å². The fourth-order valence-corrected chi connectivity index (χ4v) is 4.57. The Balaban J connectivity index is 1.44. The summed E-state index contributed by atoms with van der Waals surface area (Å²) in [7, 11) is -3.83. The highest BCUT2D eigenvalue weighted by Crippen LogP contribution is 2.32. The quantitative estimate of drug-likeness (QED) is 0.604. The Labute approximate surface area is 185 Å². The van der Waals surface area contributed by atoms with Crippen molar-refractivity contribution < 1.29 is 17.7 Å². The first-order chi connectivity index (χ1) is 14.8. The van der Waals surface area contributed by atoms with Gasteiger partial charge in [-0.2, -0.15) is 4.98 Å². The van der Waals surface area contributed by atoms with Gasteiger partial charge in [-0.05, 0) is 44.0 Å². The monoisotopic (exact) mass is 460 g/mol. The maximum atomic E-state index is 12.8. The fraction of sp³-hybridized carbons (Fsp3) is 0.286. The lowest BCUT2D eigenvalue weighted by Gasteiger charge is -2.22. The highest BCUT2D eigenvalue weighted by atomic mass is 35.5. The van der Waals surface area contributed by atoms with Crippen LogP contribution in [-0.2, 0) is 14.8 Å². The van der Waals surface area contributed by atoms with Crippen molar-refractivity contribution in [3.63, 3.8) is 0 Å². The Morgan fingerprint density at radius 1 is 1.19 bits per heavy atom. The summed E-state index contributed by atoms with van der Waals surface area (Å²) in [6.07, 6.45) is 1.44. The second-order valence-corrected chi connectivity index (χ2v) is 9.55. The molecule has 162 valence electrons. The zero-order valence-electron chi connectivity index (χ0n) is 16.8. The first kappa shape index (κ1) is 21.5. The number of amides is 1. The molecule has 1 atom stereocenters. The van der Waals surface area contributed by atoms with E-state index in [1.807, 2.05) is 31.2 Å². The Bertz CT molecular complexity index is 1180. The minimum atomic E-state index is -3.83. The molecule has 2 aromatic carbocycles. The third kappa shape index (κ3) is 4.79. The summed E-state index contributed by atoms with van der Waals surface area (Å²) in [5.41, 5.74) is 1.95. The van der Waals surface area contributed by atoms with Crippen molar-refractivity contribution in [2.45, 2.75) is 30.7 Å². The number of hydrogen-bond acceptors (Lipinski definition) is 6. The Hall–Kier alpha value is -2.75. The standard InChI is InChI=1S/C21H21ClN4O4S/c1-14-4-6-15(7-5-14)20-24-21(30-25-20)18-3-2-12-26(18)19(27)13-23-31(28,29)17-10-8-16(22)9-11-17/h4-11,18,23H,2-3,12-13H2,1H3/t18-/m0/s1. The SMILES string of the molecule is Cc1ccc(-c2noc([C@@H]3CCCN3C(=O)CNS(=O)(=O)c3ccc(Cl)cc3)n2)cc1. The molecule has 1 fully saturated rings. The molecule has 0 radical (unpaired) electrons. The van der Waals surface area contributed by atoms with Gasteiger partial charge in [-0.1, -0.05) is 46.6 Å². The number of hydrogen-bond donors (Lipinski definition) is 1. The third-order valence-corrected chi connectivity index (χ3v) is 6.82. The number of sulfonamides is 1. The van der Waals surface area contributed by atoms with Crippen LogP contribution in [0.25, 0.3) is 11.4 Å². The lowest BCUT2D eigenvalue weighted by atomic mass is 10.1. The van der Waals surface area contributed by atoms with Crippen LogP contribution in [-0.4, -0.2) is 42.5 Å². The lowest BCUT2D eigenvalue weighted by Crippen LogP contribution is -2.39. The number of nitrogens with zero attached hydrogens (tertiary/aromatic N) is 3. The summed E-state index contributed by atoms with van der Waals surface area (Å²) in [6.45, 7) is 2.13. The molecule has 0 aliphatic carbocycles. The summed E-state index contributed by atoms with van der Waals surface area (Å²) in [5, 5.41) is 4.47. The van der Waals surface area contributed by atoms with Gasteiger partial charge in [0.15, 0.2) is 0 Å². The van der Waals surface area contributed by atoms with Gasteiger partial charge in [0.25, 0.3) is 0 Å². The molecule has 31 heavy (non-hydrogen) atoms. The van der Waals surface area contributed by atoms with E-state index in [9.17, 15) is 13.2 Å². The maximum Gasteiger partial charge on any atom is 0.249 e. The summed E-state index contributed by atoms with van der Waals surface area (Å²) in [5.74, 6) is 0.454. The van der Waals surface area contributed by atoms with Gasteiger partial charge in [0.2, 0.25) is 27.6 Å². The van der Waals surface area contributed by atoms with Crippen LogP contribution in [0.3, 0.4) is 0 Å². The average molecular weight is 461 g/mol. The van der Waals surface area contributed by atoms with Gasteiger partial charge < -0.3 is 9.42 Å². The van der Waals surface area contributed by atoms with Crippen LogP contribution in [0.15, 0.2) is 57.9 Å². The van der Waals surface area contributed by atoms with Crippen LogP contribution in [0.4, 0.5) is 0 Å². The molecule has 1 saturated heterocycles. The molecule has 1 amide bonds. The van der Waals surface area contributed by atoms with E-state index in [0.717, 1.165) is 17.5 Å². The molecule has 0 unspecified atom stereocenters. The molecule has 1 N–H and O–H groups in total. The number of aryl methyl sites for hydroxylation is 1. The van der Waals surface area contributed by atoms with Gasteiger partial charge >= 0.3 is 0 Å². The van der Waals surface area contributed by atoms with E-state index >= 15 is 0 Å². The largest absolute Gasteiger partial charge is 0.337 e. The lowest BCUT2D eigenvalue weighted by molar-refractivity contribution is -0.131. The molecule has 1 aliphatic rings.